The predicted molar refractivity (Wildman–Crippen MR) is 88.5 cm³/mol. The number of hydrogen-bond donors (Lipinski definition) is 6. The van der Waals surface area contributed by atoms with Gasteiger partial charge in [-0.1, -0.05) is 13.8 Å². The Kier molecular flexibility index (Phi) is 6.89. The summed E-state index contributed by atoms with van der Waals surface area (Å²) in [5.41, 5.74) is 0. The molecule has 2 fully saturated rings. The van der Waals surface area contributed by atoms with E-state index < -0.39 is 73.0 Å². The van der Waals surface area contributed by atoms with E-state index in [1.54, 1.807) is 13.8 Å². The quantitative estimate of drug-likeness (QED) is 0.276. The highest BCUT2D eigenvalue weighted by Gasteiger charge is 2.53. The van der Waals surface area contributed by atoms with Gasteiger partial charge in [0.15, 0.2) is 12.1 Å². The van der Waals surface area contributed by atoms with Crippen molar-refractivity contribution in [2.75, 3.05) is 0 Å². The second-order valence-corrected chi connectivity index (χ2v) is 7.08. The van der Waals surface area contributed by atoms with Crippen LogP contribution in [0.1, 0.15) is 27.2 Å². The van der Waals surface area contributed by atoms with Crippen LogP contribution in [0.25, 0.3) is 0 Å². The molecule has 154 valence electrons. The van der Waals surface area contributed by atoms with E-state index in [-0.39, 0.29) is 6.04 Å². The summed E-state index contributed by atoms with van der Waals surface area (Å²) in [5.74, 6) is -2.61. The second kappa shape index (κ2) is 8.59. The molecular formula is C16H26N2O9. The minimum atomic E-state index is -1.66. The average Bonchev–Trinajstić information content (AvgIpc) is 2.68. The molecule has 1 amide bonds. The first-order valence-corrected chi connectivity index (χ1v) is 8.70. The van der Waals surface area contributed by atoms with Crippen LogP contribution in [0.5, 0.6) is 0 Å². The van der Waals surface area contributed by atoms with E-state index in [4.69, 9.17) is 14.6 Å². The number of rotatable bonds is 6. The van der Waals surface area contributed by atoms with Gasteiger partial charge in [0.05, 0.1) is 12.5 Å². The van der Waals surface area contributed by atoms with Gasteiger partial charge in [-0.2, -0.15) is 0 Å². The zero-order chi connectivity index (χ0) is 20.5. The Labute approximate surface area is 155 Å². The number of aliphatic hydroxyl groups excluding tert-OH is 3. The number of carboxylic acid groups (broad SMARTS) is 1. The van der Waals surface area contributed by atoms with Crippen LogP contribution in [0.4, 0.5) is 0 Å². The van der Waals surface area contributed by atoms with Gasteiger partial charge in [0, 0.05) is 6.04 Å². The van der Waals surface area contributed by atoms with Crippen molar-refractivity contribution in [1.29, 1.82) is 0 Å². The van der Waals surface area contributed by atoms with Crippen LogP contribution in [-0.4, -0.2) is 93.0 Å². The van der Waals surface area contributed by atoms with E-state index in [1.165, 1.54) is 6.92 Å². The van der Waals surface area contributed by atoms with Crippen LogP contribution in [-0.2, 0) is 23.9 Å². The Morgan fingerprint density at radius 2 is 1.74 bits per heavy atom. The van der Waals surface area contributed by atoms with Crippen LogP contribution >= 0.6 is 0 Å². The summed E-state index contributed by atoms with van der Waals surface area (Å²) in [5, 5.41) is 44.3. The number of aliphatic hydroxyl groups is 3. The Hall–Kier alpha value is -1.63. The van der Waals surface area contributed by atoms with Gasteiger partial charge in [0.2, 0.25) is 5.91 Å². The van der Waals surface area contributed by atoms with E-state index in [1.807, 2.05) is 0 Å². The summed E-state index contributed by atoms with van der Waals surface area (Å²) in [7, 11) is 0. The molecule has 2 aliphatic heterocycles. The SMILES string of the molecule is CC(C)NC(CC(=O)O)C(=O)NC1C(=O)C(C)OC2OC1C(O)C(O)C2O. The number of ether oxygens (including phenoxy) is 2. The first kappa shape index (κ1) is 21.7. The van der Waals surface area contributed by atoms with Crippen LogP contribution < -0.4 is 10.6 Å². The highest BCUT2D eigenvalue weighted by Crippen LogP contribution is 2.29. The highest BCUT2D eigenvalue weighted by molar-refractivity contribution is 5.94. The number of aliphatic carboxylic acids is 1. The van der Waals surface area contributed by atoms with Crippen molar-refractivity contribution < 1.29 is 44.3 Å². The third-order valence-corrected chi connectivity index (χ3v) is 4.51. The molecule has 0 radical (unpaired) electrons. The van der Waals surface area contributed by atoms with E-state index >= 15 is 0 Å². The number of amides is 1. The molecule has 0 aromatic heterocycles. The van der Waals surface area contributed by atoms with Crippen molar-refractivity contribution in [1.82, 2.24) is 10.6 Å². The molecular weight excluding hydrogens is 364 g/mol. The highest BCUT2D eigenvalue weighted by atomic mass is 16.7. The third-order valence-electron chi connectivity index (χ3n) is 4.51. The summed E-state index contributed by atoms with van der Waals surface area (Å²) in [4.78, 5) is 36.2. The molecule has 8 atom stereocenters. The summed E-state index contributed by atoms with van der Waals surface area (Å²) in [6, 6.07) is -2.72. The molecule has 2 bridgehead atoms. The molecule has 2 saturated heterocycles. The number of carbonyl (C=O) groups excluding carboxylic acids is 2. The fraction of sp³-hybridized carbons (Fsp3) is 0.812. The van der Waals surface area contributed by atoms with Crippen LogP contribution in [0.2, 0.25) is 0 Å². The van der Waals surface area contributed by atoms with Gasteiger partial charge in [-0.15, -0.1) is 0 Å². The maximum atomic E-state index is 12.6. The number of carbonyl (C=O) groups is 3. The lowest BCUT2D eigenvalue weighted by Crippen LogP contribution is -2.64. The molecule has 0 aliphatic carbocycles. The van der Waals surface area contributed by atoms with Gasteiger partial charge in [-0.05, 0) is 6.92 Å². The van der Waals surface area contributed by atoms with Crippen molar-refractivity contribution in [2.45, 2.75) is 82.1 Å². The summed E-state index contributed by atoms with van der Waals surface area (Å²) < 4.78 is 10.7. The Balaban J connectivity index is 2.24. The largest absolute Gasteiger partial charge is 0.481 e. The first-order valence-electron chi connectivity index (χ1n) is 8.70. The minimum Gasteiger partial charge on any atom is -0.481 e. The maximum Gasteiger partial charge on any atom is 0.305 e. The van der Waals surface area contributed by atoms with E-state index in [0.29, 0.717) is 0 Å². The molecule has 6 N–H and O–H groups in total. The van der Waals surface area contributed by atoms with Crippen LogP contribution in [0.15, 0.2) is 0 Å². The van der Waals surface area contributed by atoms with E-state index in [2.05, 4.69) is 10.6 Å². The molecule has 0 aromatic carbocycles. The average molecular weight is 390 g/mol. The fourth-order valence-electron chi connectivity index (χ4n) is 3.16. The number of Topliss-reactive ketones (excluding diaryl/α,β-unsaturated/α-hetero) is 1. The Morgan fingerprint density at radius 1 is 1.11 bits per heavy atom. The van der Waals surface area contributed by atoms with Crippen molar-refractivity contribution >= 4 is 17.7 Å². The molecule has 2 aliphatic rings. The lowest BCUT2D eigenvalue weighted by atomic mass is 9.91. The molecule has 8 unspecified atom stereocenters. The number of carboxylic acids is 1. The number of nitrogens with one attached hydrogen (secondary N) is 2. The van der Waals surface area contributed by atoms with Crippen molar-refractivity contribution in [3.05, 3.63) is 0 Å². The first-order chi connectivity index (χ1) is 12.5. The van der Waals surface area contributed by atoms with Crippen molar-refractivity contribution in [3.63, 3.8) is 0 Å². The van der Waals surface area contributed by atoms with Crippen molar-refractivity contribution in [2.24, 2.45) is 0 Å². The molecule has 0 spiro atoms. The van der Waals surface area contributed by atoms with Gasteiger partial charge in [0.1, 0.15) is 36.6 Å². The zero-order valence-corrected chi connectivity index (χ0v) is 15.2. The normalized spacial score (nSPS) is 37.6. The Bertz CT molecular complexity index is 584. The standard InChI is InChI=1S/C16H26N2O9/c1-5(2)17-7(4-8(19)20)15(25)18-9-10(21)6(3)26-16-13(24)11(22)12(23)14(9)27-16/h5-7,9,11-14,16-17,22-24H,4H2,1-3H3,(H,18,25)(H,19,20). The topological polar surface area (TPSA) is 175 Å². The molecule has 11 nitrogen and oxygen atoms in total. The molecule has 27 heavy (non-hydrogen) atoms. The molecule has 0 saturated carbocycles. The van der Waals surface area contributed by atoms with Gasteiger partial charge in [-0.3, -0.25) is 14.4 Å². The molecule has 11 heteroatoms. The van der Waals surface area contributed by atoms with Crippen LogP contribution in [0, 0.1) is 0 Å². The van der Waals surface area contributed by atoms with Gasteiger partial charge < -0.3 is 40.5 Å². The minimum absolute atomic E-state index is 0.204. The van der Waals surface area contributed by atoms with Gasteiger partial charge in [-0.25, -0.2) is 0 Å². The number of fused-ring (bicyclic) bond motifs is 2. The second-order valence-electron chi connectivity index (χ2n) is 7.08. The van der Waals surface area contributed by atoms with Gasteiger partial charge >= 0.3 is 5.97 Å². The maximum absolute atomic E-state index is 12.6. The lowest BCUT2D eigenvalue weighted by Gasteiger charge is -2.40. The van der Waals surface area contributed by atoms with Crippen LogP contribution in [0.3, 0.4) is 0 Å². The van der Waals surface area contributed by atoms with E-state index in [9.17, 15) is 29.7 Å². The summed E-state index contributed by atoms with van der Waals surface area (Å²) >= 11 is 0. The third kappa shape index (κ3) is 4.81. The smallest absolute Gasteiger partial charge is 0.305 e. The predicted octanol–water partition coefficient (Wildman–Crippen LogP) is -2.89. The lowest BCUT2D eigenvalue weighted by molar-refractivity contribution is -0.295. The monoisotopic (exact) mass is 390 g/mol. The number of hydrogen-bond acceptors (Lipinski definition) is 9. The molecule has 2 rings (SSSR count). The van der Waals surface area contributed by atoms with Gasteiger partial charge in [0.25, 0.3) is 0 Å². The zero-order valence-electron chi connectivity index (χ0n) is 15.2. The summed E-state index contributed by atoms with van der Waals surface area (Å²) in [6.45, 7) is 4.84. The summed E-state index contributed by atoms with van der Waals surface area (Å²) in [6.07, 6.45) is -9.19. The van der Waals surface area contributed by atoms with Crippen molar-refractivity contribution in [3.8, 4) is 0 Å². The molecule has 0 aromatic rings. The number of ketones is 1. The molecule has 2 heterocycles. The Morgan fingerprint density at radius 3 is 2.30 bits per heavy atom. The van der Waals surface area contributed by atoms with E-state index in [0.717, 1.165) is 0 Å². The fourth-order valence-corrected chi connectivity index (χ4v) is 3.16.